The zero-order chi connectivity index (χ0) is 14.7. The largest absolute Gasteiger partial charge is 0.374 e. The second-order valence-electron chi connectivity index (χ2n) is 4.48. The smallest absolute Gasteiger partial charge is 0.178 e. The molecular formula is C14H13FN6. The Labute approximate surface area is 120 Å². The van der Waals surface area contributed by atoms with Crippen LogP contribution in [0, 0.1) is 5.82 Å². The van der Waals surface area contributed by atoms with Crippen LogP contribution >= 0.6 is 0 Å². The second-order valence-corrected chi connectivity index (χ2v) is 4.48. The third-order valence-electron chi connectivity index (χ3n) is 2.99. The molecule has 0 fully saturated rings. The number of hydrogen-bond donors (Lipinski definition) is 1. The predicted molar refractivity (Wildman–Crippen MR) is 75.4 cm³/mol. The van der Waals surface area contributed by atoms with Crippen molar-refractivity contribution in [3.05, 3.63) is 60.8 Å². The van der Waals surface area contributed by atoms with E-state index in [-0.39, 0.29) is 11.9 Å². The summed E-state index contributed by atoms with van der Waals surface area (Å²) < 4.78 is 14.5. The third kappa shape index (κ3) is 2.86. The molecule has 3 aromatic heterocycles. The summed E-state index contributed by atoms with van der Waals surface area (Å²) in [5, 5.41) is 7.38. The topological polar surface area (TPSA) is 68.5 Å². The Hall–Kier alpha value is -2.83. The van der Waals surface area contributed by atoms with Gasteiger partial charge >= 0.3 is 0 Å². The predicted octanol–water partition coefficient (Wildman–Crippen LogP) is 2.37. The van der Waals surface area contributed by atoms with Gasteiger partial charge in [-0.1, -0.05) is 0 Å². The van der Waals surface area contributed by atoms with Gasteiger partial charge in [0.05, 0.1) is 23.6 Å². The van der Waals surface area contributed by atoms with E-state index in [1.165, 1.54) is 18.6 Å². The monoisotopic (exact) mass is 284 g/mol. The average molecular weight is 284 g/mol. The normalized spacial score (nSPS) is 12.1. The summed E-state index contributed by atoms with van der Waals surface area (Å²) in [7, 11) is 0. The summed E-state index contributed by atoms with van der Waals surface area (Å²) in [5.41, 5.74) is 1.53. The van der Waals surface area contributed by atoms with E-state index >= 15 is 0 Å². The van der Waals surface area contributed by atoms with E-state index in [9.17, 15) is 4.39 Å². The Balaban J connectivity index is 1.86. The summed E-state index contributed by atoms with van der Waals surface area (Å²) in [6.45, 7) is 1.94. The summed E-state index contributed by atoms with van der Waals surface area (Å²) in [4.78, 5) is 12.3. The molecule has 3 aromatic rings. The first-order valence-electron chi connectivity index (χ1n) is 6.42. The van der Waals surface area contributed by atoms with Gasteiger partial charge in [0.25, 0.3) is 0 Å². The molecule has 0 aliphatic heterocycles. The van der Waals surface area contributed by atoms with Gasteiger partial charge in [0.1, 0.15) is 18.5 Å². The number of nitrogens with one attached hydrogen (secondary N) is 1. The molecule has 0 aromatic carbocycles. The zero-order valence-corrected chi connectivity index (χ0v) is 11.3. The van der Waals surface area contributed by atoms with Crippen molar-refractivity contribution in [2.24, 2.45) is 0 Å². The van der Waals surface area contributed by atoms with Crippen molar-refractivity contribution in [3.63, 3.8) is 0 Å². The summed E-state index contributed by atoms with van der Waals surface area (Å²) in [6.07, 6.45) is 5.91. The lowest BCUT2D eigenvalue weighted by atomic mass is 10.2. The first kappa shape index (κ1) is 13.2. The second kappa shape index (κ2) is 5.66. The van der Waals surface area contributed by atoms with Gasteiger partial charge < -0.3 is 5.32 Å². The van der Waals surface area contributed by atoms with Crippen molar-refractivity contribution in [2.75, 3.05) is 5.32 Å². The van der Waals surface area contributed by atoms with Crippen LogP contribution in [0.4, 0.5) is 10.1 Å². The van der Waals surface area contributed by atoms with Crippen LogP contribution < -0.4 is 5.32 Å². The van der Waals surface area contributed by atoms with Gasteiger partial charge in [-0.15, -0.1) is 0 Å². The number of aromatic nitrogens is 5. The molecule has 0 aliphatic carbocycles. The van der Waals surface area contributed by atoms with Crippen LogP contribution in [0.2, 0.25) is 0 Å². The summed E-state index contributed by atoms with van der Waals surface area (Å²) >= 11 is 0. The van der Waals surface area contributed by atoms with Gasteiger partial charge in [-0.2, -0.15) is 5.10 Å². The van der Waals surface area contributed by atoms with Crippen molar-refractivity contribution in [2.45, 2.75) is 13.0 Å². The van der Waals surface area contributed by atoms with Gasteiger partial charge in [-0.25, -0.2) is 19.0 Å². The number of nitrogens with zero attached hydrogens (tertiary/aromatic N) is 5. The van der Waals surface area contributed by atoms with E-state index in [2.05, 4.69) is 25.4 Å². The zero-order valence-electron chi connectivity index (χ0n) is 11.3. The number of pyridine rings is 2. The molecule has 0 amide bonds. The molecule has 0 saturated heterocycles. The van der Waals surface area contributed by atoms with Crippen LogP contribution in [0.5, 0.6) is 0 Å². The van der Waals surface area contributed by atoms with E-state index in [1.54, 1.807) is 23.3 Å². The van der Waals surface area contributed by atoms with E-state index in [1.807, 2.05) is 19.1 Å². The molecular weight excluding hydrogens is 271 g/mol. The lowest BCUT2D eigenvalue weighted by Gasteiger charge is -2.16. The van der Waals surface area contributed by atoms with Crippen molar-refractivity contribution >= 4 is 5.69 Å². The maximum Gasteiger partial charge on any atom is 0.178 e. The molecule has 1 atom stereocenters. The molecule has 0 radical (unpaired) electrons. The van der Waals surface area contributed by atoms with Gasteiger partial charge in [0, 0.05) is 6.20 Å². The molecule has 0 aliphatic rings. The van der Waals surface area contributed by atoms with Gasteiger partial charge in [-0.3, -0.25) is 4.98 Å². The highest BCUT2D eigenvalue weighted by Crippen LogP contribution is 2.22. The Kier molecular flexibility index (Phi) is 3.55. The van der Waals surface area contributed by atoms with Gasteiger partial charge in [0.15, 0.2) is 5.82 Å². The Morgan fingerprint density at radius 2 is 2.14 bits per heavy atom. The molecule has 1 unspecified atom stereocenters. The fourth-order valence-corrected chi connectivity index (χ4v) is 1.96. The average Bonchev–Trinajstić information content (AvgIpc) is 3.02. The highest BCUT2D eigenvalue weighted by atomic mass is 19.1. The Bertz CT molecular complexity index is 711. The van der Waals surface area contributed by atoms with E-state index in [0.717, 1.165) is 11.4 Å². The molecule has 3 heterocycles. The Morgan fingerprint density at radius 1 is 1.24 bits per heavy atom. The maximum absolute atomic E-state index is 12.9. The molecule has 3 rings (SSSR count). The lowest BCUT2D eigenvalue weighted by molar-refractivity contribution is 0.617. The molecule has 0 bridgehead atoms. The minimum Gasteiger partial charge on any atom is -0.374 e. The molecule has 106 valence electrons. The van der Waals surface area contributed by atoms with E-state index in [4.69, 9.17) is 0 Å². The van der Waals surface area contributed by atoms with Crippen LogP contribution in [0.15, 0.2) is 49.3 Å². The number of rotatable bonds is 4. The van der Waals surface area contributed by atoms with Crippen molar-refractivity contribution in [3.8, 4) is 5.82 Å². The minimum atomic E-state index is -0.351. The number of hydrogen-bond acceptors (Lipinski definition) is 5. The van der Waals surface area contributed by atoms with Crippen LogP contribution in [-0.4, -0.2) is 24.7 Å². The number of anilines is 1. The van der Waals surface area contributed by atoms with E-state index in [0.29, 0.717) is 5.82 Å². The third-order valence-corrected chi connectivity index (χ3v) is 2.99. The molecule has 21 heavy (non-hydrogen) atoms. The van der Waals surface area contributed by atoms with E-state index < -0.39 is 0 Å². The standard InChI is InChI=1S/C14H13FN6/c1-10(12-5-4-11(15)7-18-12)20-13-3-2-6-17-14(13)21-9-16-8-19-21/h2-10,20H,1H3. The van der Waals surface area contributed by atoms with Gasteiger partial charge in [0.2, 0.25) is 0 Å². The number of halogens is 1. The highest BCUT2D eigenvalue weighted by molar-refractivity contribution is 5.57. The first-order chi connectivity index (χ1) is 10.2. The molecule has 7 heteroatoms. The van der Waals surface area contributed by atoms with Crippen molar-refractivity contribution in [1.29, 1.82) is 0 Å². The van der Waals surface area contributed by atoms with Gasteiger partial charge in [-0.05, 0) is 31.2 Å². The fourth-order valence-electron chi connectivity index (χ4n) is 1.96. The molecule has 0 saturated carbocycles. The van der Waals surface area contributed by atoms with Crippen molar-refractivity contribution in [1.82, 2.24) is 24.7 Å². The Morgan fingerprint density at radius 3 is 2.86 bits per heavy atom. The highest BCUT2D eigenvalue weighted by Gasteiger charge is 2.11. The van der Waals surface area contributed by atoms with Crippen LogP contribution in [-0.2, 0) is 0 Å². The molecule has 1 N–H and O–H groups in total. The van der Waals surface area contributed by atoms with Crippen LogP contribution in [0.3, 0.4) is 0 Å². The minimum absolute atomic E-state index is 0.0999. The fraction of sp³-hybridized carbons (Fsp3) is 0.143. The lowest BCUT2D eigenvalue weighted by Crippen LogP contribution is -2.12. The first-order valence-corrected chi connectivity index (χ1v) is 6.42. The summed E-state index contributed by atoms with van der Waals surface area (Å²) in [6, 6.07) is 6.66. The SMILES string of the molecule is CC(Nc1cccnc1-n1cncn1)c1ccc(F)cn1. The summed E-state index contributed by atoms with van der Waals surface area (Å²) in [5.74, 6) is 0.291. The maximum atomic E-state index is 12.9. The van der Waals surface area contributed by atoms with Crippen LogP contribution in [0.1, 0.15) is 18.7 Å². The molecule has 0 spiro atoms. The molecule has 6 nitrogen and oxygen atoms in total. The van der Waals surface area contributed by atoms with Crippen LogP contribution in [0.25, 0.3) is 5.82 Å². The quantitative estimate of drug-likeness (QED) is 0.796. The van der Waals surface area contributed by atoms with Crippen molar-refractivity contribution < 1.29 is 4.39 Å².